The number of nitrogens with one attached hydrogen (secondary N) is 3. The molecule has 0 saturated heterocycles. The van der Waals surface area contributed by atoms with Crippen LogP contribution in [0, 0.1) is 12.7 Å². The van der Waals surface area contributed by atoms with E-state index in [-0.39, 0.29) is 29.0 Å². The monoisotopic (exact) mass is 515 g/mol. The summed E-state index contributed by atoms with van der Waals surface area (Å²) in [6.07, 6.45) is 2.50. The number of methoxy groups -OCH3 is 1. The van der Waals surface area contributed by atoms with E-state index in [0.29, 0.717) is 39.8 Å². The SMILES string of the molecule is COc1nc(N[C@H]2CC[C@H](NC(C)=O)CC2)nc2[nH]cc(-c3cc(F)c4nc(C)n(CC(F)F)c4c3)c12. The number of halogens is 3. The predicted octanol–water partition coefficient (Wildman–Crippen LogP) is 4.56. The van der Waals surface area contributed by atoms with Gasteiger partial charge in [0.1, 0.15) is 17.0 Å². The first-order chi connectivity index (χ1) is 17.7. The highest BCUT2D eigenvalue weighted by molar-refractivity contribution is 5.99. The second-order valence-corrected chi connectivity index (χ2v) is 9.36. The van der Waals surface area contributed by atoms with Crippen molar-refractivity contribution in [1.82, 2.24) is 29.8 Å². The van der Waals surface area contributed by atoms with Crippen LogP contribution in [-0.2, 0) is 11.3 Å². The first-order valence-electron chi connectivity index (χ1n) is 12.1. The van der Waals surface area contributed by atoms with E-state index in [1.165, 1.54) is 24.7 Å². The van der Waals surface area contributed by atoms with Crippen LogP contribution in [0.2, 0.25) is 0 Å². The topological polar surface area (TPSA) is 110 Å². The molecule has 0 radical (unpaired) electrons. The smallest absolute Gasteiger partial charge is 0.256 e. The van der Waals surface area contributed by atoms with Gasteiger partial charge in [-0.15, -0.1) is 0 Å². The zero-order chi connectivity index (χ0) is 26.3. The van der Waals surface area contributed by atoms with Crippen molar-refractivity contribution in [3.05, 3.63) is 30.0 Å². The maximum Gasteiger partial charge on any atom is 0.256 e. The largest absolute Gasteiger partial charge is 0.480 e. The fourth-order valence-corrected chi connectivity index (χ4v) is 5.11. The Hall–Kier alpha value is -3.83. The van der Waals surface area contributed by atoms with Gasteiger partial charge < -0.3 is 24.9 Å². The molecule has 3 aromatic heterocycles. The Morgan fingerprint density at radius 2 is 1.92 bits per heavy atom. The van der Waals surface area contributed by atoms with Gasteiger partial charge in [0.15, 0.2) is 5.82 Å². The van der Waals surface area contributed by atoms with E-state index < -0.39 is 18.8 Å². The normalized spacial score (nSPS) is 18.0. The number of ether oxygens (including phenoxy) is 1. The van der Waals surface area contributed by atoms with Gasteiger partial charge in [-0.3, -0.25) is 4.79 Å². The van der Waals surface area contributed by atoms with Crippen LogP contribution < -0.4 is 15.4 Å². The second-order valence-electron chi connectivity index (χ2n) is 9.36. The number of hydrogen-bond acceptors (Lipinski definition) is 6. The van der Waals surface area contributed by atoms with Crippen LogP contribution in [0.5, 0.6) is 5.88 Å². The third-order valence-electron chi connectivity index (χ3n) is 6.79. The molecule has 0 bridgehead atoms. The molecule has 1 aliphatic carbocycles. The summed E-state index contributed by atoms with van der Waals surface area (Å²) < 4.78 is 48.2. The highest BCUT2D eigenvalue weighted by atomic mass is 19.3. The summed E-state index contributed by atoms with van der Waals surface area (Å²) in [6, 6.07) is 3.29. The number of hydrogen-bond donors (Lipinski definition) is 3. The van der Waals surface area contributed by atoms with E-state index in [1.807, 2.05) is 0 Å². The van der Waals surface area contributed by atoms with E-state index in [4.69, 9.17) is 4.74 Å². The van der Waals surface area contributed by atoms with E-state index in [0.717, 1.165) is 25.7 Å². The van der Waals surface area contributed by atoms with Crippen molar-refractivity contribution in [1.29, 1.82) is 0 Å². The Kier molecular flexibility index (Phi) is 6.65. The fourth-order valence-electron chi connectivity index (χ4n) is 5.11. The van der Waals surface area contributed by atoms with Crippen LogP contribution in [0.4, 0.5) is 19.1 Å². The Bertz CT molecular complexity index is 1460. The molecule has 1 amide bonds. The van der Waals surface area contributed by atoms with Crippen molar-refractivity contribution in [2.75, 3.05) is 12.4 Å². The van der Waals surface area contributed by atoms with Gasteiger partial charge in [0, 0.05) is 30.8 Å². The number of nitrogens with zero attached hydrogens (tertiary/aromatic N) is 4. The van der Waals surface area contributed by atoms with Crippen molar-refractivity contribution < 1.29 is 22.7 Å². The van der Waals surface area contributed by atoms with Crippen molar-refractivity contribution in [2.24, 2.45) is 0 Å². The Morgan fingerprint density at radius 3 is 2.59 bits per heavy atom. The summed E-state index contributed by atoms with van der Waals surface area (Å²) in [5, 5.41) is 6.87. The number of carbonyl (C=O) groups excluding carboxylic acids is 1. The van der Waals surface area contributed by atoms with Crippen LogP contribution in [0.3, 0.4) is 0 Å². The molecule has 3 heterocycles. The Labute approximate surface area is 210 Å². The number of imidazole rings is 1. The minimum Gasteiger partial charge on any atom is -0.480 e. The average Bonchev–Trinajstić information content (AvgIpc) is 3.41. The highest BCUT2D eigenvalue weighted by Crippen LogP contribution is 2.37. The van der Waals surface area contributed by atoms with Gasteiger partial charge >= 0.3 is 0 Å². The minimum absolute atomic E-state index is 0.0230. The number of rotatable bonds is 7. The van der Waals surface area contributed by atoms with Crippen LogP contribution in [-0.4, -0.2) is 56.0 Å². The van der Waals surface area contributed by atoms with Gasteiger partial charge in [-0.1, -0.05) is 0 Å². The van der Waals surface area contributed by atoms with Crippen molar-refractivity contribution >= 4 is 33.9 Å². The molecule has 1 saturated carbocycles. The number of benzene rings is 1. The molecule has 0 unspecified atom stereocenters. The molecule has 9 nitrogen and oxygen atoms in total. The minimum atomic E-state index is -2.60. The predicted molar refractivity (Wildman–Crippen MR) is 133 cm³/mol. The van der Waals surface area contributed by atoms with Gasteiger partial charge in [0.05, 0.1) is 24.6 Å². The highest BCUT2D eigenvalue weighted by Gasteiger charge is 2.24. The molecule has 12 heteroatoms. The number of alkyl halides is 2. The summed E-state index contributed by atoms with van der Waals surface area (Å²) in [5.41, 5.74) is 1.87. The zero-order valence-electron chi connectivity index (χ0n) is 20.7. The molecule has 3 N–H and O–H groups in total. The van der Waals surface area contributed by atoms with Crippen molar-refractivity contribution in [3.63, 3.8) is 0 Å². The second kappa shape index (κ2) is 9.91. The van der Waals surface area contributed by atoms with Gasteiger partial charge in [-0.2, -0.15) is 9.97 Å². The first-order valence-corrected chi connectivity index (χ1v) is 12.1. The lowest BCUT2D eigenvalue weighted by molar-refractivity contribution is -0.119. The molecule has 0 spiro atoms. The summed E-state index contributed by atoms with van der Waals surface area (Å²) in [5.74, 6) is 0.380. The third-order valence-corrected chi connectivity index (χ3v) is 6.79. The van der Waals surface area contributed by atoms with E-state index in [2.05, 4.69) is 30.6 Å². The van der Waals surface area contributed by atoms with Crippen molar-refractivity contribution in [2.45, 2.75) is 64.6 Å². The van der Waals surface area contributed by atoms with E-state index in [9.17, 15) is 13.6 Å². The quantitative estimate of drug-likeness (QED) is 0.333. The lowest BCUT2D eigenvalue weighted by Gasteiger charge is -2.29. The molecule has 0 atom stereocenters. The van der Waals surface area contributed by atoms with Gasteiger partial charge in [0.25, 0.3) is 6.43 Å². The van der Waals surface area contributed by atoms with Crippen LogP contribution in [0.25, 0.3) is 33.2 Å². The summed E-state index contributed by atoms with van der Waals surface area (Å²) in [4.78, 5) is 27.7. The van der Waals surface area contributed by atoms with Crippen LogP contribution in [0.15, 0.2) is 18.3 Å². The standard InChI is InChI=1S/C25H28F3N7O2/c1-12-30-22-18(26)8-14(9-19(22)35(12)11-20(27)28)17-10-29-23-21(17)24(37-3)34-25(33-23)32-16-6-4-15(5-7-16)31-13(2)36/h8-10,15-16,20H,4-7,11H2,1-3H3,(H,31,36)(H2,29,32,33,34)/t15-,16-. The molecule has 1 aliphatic rings. The first kappa shape index (κ1) is 24.8. The fraction of sp³-hybridized carbons (Fsp3) is 0.440. The lowest BCUT2D eigenvalue weighted by Crippen LogP contribution is -2.39. The molecule has 0 aliphatic heterocycles. The number of aryl methyl sites for hydroxylation is 1. The Morgan fingerprint density at radius 1 is 1.19 bits per heavy atom. The number of H-pyrrole nitrogens is 1. The van der Waals surface area contributed by atoms with Crippen LogP contribution in [0.1, 0.15) is 38.4 Å². The molecule has 1 aromatic carbocycles. The van der Waals surface area contributed by atoms with E-state index in [1.54, 1.807) is 19.2 Å². The molecule has 4 aromatic rings. The number of anilines is 1. The number of fused-ring (bicyclic) bond motifs is 2. The molecule has 5 rings (SSSR count). The van der Waals surface area contributed by atoms with Crippen LogP contribution >= 0.6 is 0 Å². The summed E-state index contributed by atoms with van der Waals surface area (Å²) in [6.45, 7) is 2.52. The number of aromatic nitrogens is 5. The molecular formula is C25H28F3N7O2. The third kappa shape index (κ3) is 4.92. The summed E-state index contributed by atoms with van der Waals surface area (Å²) >= 11 is 0. The molecule has 37 heavy (non-hydrogen) atoms. The summed E-state index contributed by atoms with van der Waals surface area (Å²) in [7, 11) is 1.49. The van der Waals surface area contributed by atoms with Gasteiger partial charge in [-0.05, 0) is 50.3 Å². The van der Waals surface area contributed by atoms with E-state index >= 15 is 4.39 Å². The molecule has 1 fully saturated rings. The Balaban J connectivity index is 1.47. The molecular weight excluding hydrogens is 487 g/mol. The maximum atomic E-state index is 15.0. The molecule has 196 valence electrons. The number of amides is 1. The number of aromatic amines is 1. The van der Waals surface area contributed by atoms with Gasteiger partial charge in [0.2, 0.25) is 17.7 Å². The number of carbonyl (C=O) groups is 1. The average molecular weight is 516 g/mol. The lowest BCUT2D eigenvalue weighted by atomic mass is 9.91. The zero-order valence-corrected chi connectivity index (χ0v) is 20.7. The maximum absolute atomic E-state index is 15.0. The van der Waals surface area contributed by atoms with Crippen molar-refractivity contribution in [3.8, 4) is 17.0 Å². The van der Waals surface area contributed by atoms with Gasteiger partial charge in [-0.25, -0.2) is 18.2 Å².